The van der Waals surface area contributed by atoms with E-state index in [0.717, 1.165) is 54.5 Å². The van der Waals surface area contributed by atoms with Crippen molar-refractivity contribution in [1.82, 2.24) is 9.97 Å². The van der Waals surface area contributed by atoms with E-state index in [9.17, 15) is 9.90 Å². The van der Waals surface area contributed by atoms with Crippen LogP contribution >= 0.6 is 0 Å². The molecule has 154 valence electrons. The number of H-pyrrole nitrogens is 1. The lowest BCUT2D eigenvalue weighted by atomic mass is 9.49. The molecule has 0 spiro atoms. The van der Waals surface area contributed by atoms with Gasteiger partial charge in [0.05, 0.1) is 11.9 Å². The second-order valence-corrected chi connectivity index (χ2v) is 11.1. The van der Waals surface area contributed by atoms with Crippen molar-refractivity contribution in [2.45, 2.75) is 83.7 Å². The molecule has 1 heterocycles. The van der Waals surface area contributed by atoms with Gasteiger partial charge in [-0.25, -0.2) is 4.98 Å². The van der Waals surface area contributed by atoms with E-state index in [0.29, 0.717) is 12.2 Å². The van der Waals surface area contributed by atoms with Gasteiger partial charge in [-0.05, 0) is 99.7 Å². The summed E-state index contributed by atoms with van der Waals surface area (Å²) >= 11 is 0. The van der Waals surface area contributed by atoms with E-state index in [4.69, 9.17) is 0 Å². The van der Waals surface area contributed by atoms with Gasteiger partial charge in [-0.2, -0.15) is 0 Å². The number of carbonyl (C=O) groups excluding carboxylic acids is 1. The maximum Gasteiger partial charge on any atom is 0.142 e. The lowest BCUT2D eigenvalue weighted by molar-refractivity contribution is -0.131. The zero-order chi connectivity index (χ0) is 19.5. The van der Waals surface area contributed by atoms with Gasteiger partial charge >= 0.3 is 0 Å². The van der Waals surface area contributed by atoms with Crippen LogP contribution in [0.1, 0.15) is 77.3 Å². The highest BCUT2D eigenvalue weighted by Crippen LogP contribution is 2.64. The largest absolute Gasteiger partial charge is 0.390 e. The number of Topliss-reactive ketones (excluding diaryl/α,β-unsaturated/α-hetero) is 1. The van der Waals surface area contributed by atoms with Crippen molar-refractivity contribution in [2.75, 3.05) is 0 Å². The van der Waals surface area contributed by atoms with Crippen LogP contribution in [0.15, 0.2) is 12.5 Å². The van der Waals surface area contributed by atoms with Gasteiger partial charge in [0.15, 0.2) is 0 Å². The second-order valence-electron chi connectivity index (χ2n) is 11.1. The molecule has 4 saturated carbocycles. The van der Waals surface area contributed by atoms with E-state index in [2.05, 4.69) is 16.9 Å². The van der Waals surface area contributed by atoms with Crippen molar-refractivity contribution in [3.05, 3.63) is 18.2 Å². The molecule has 0 bridgehead atoms. The van der Waals surface area contributed by atoms with Crippen LogP contribution in [-0.4, -0.2) is 26.5 Å². The standard InChI is InChI=1S/C24H36N2O2/c1-23(28)9-7-17-15(12-23)3-4-19-18(17)8-10-24(2)20(19)5-6-21(24)22(27)11-16-13-25-14-26-16/h13-15,17-21,28H,3-12H2,1-2H3,(H,25,26)/t15-,17+,18-,19-,20+,21-,23-,24+/m1/s1. The molecule has 0 radical (unpaired) electrons. The Kier molecular flexibility index (Phi) is 4.50. The highest BCUT2D eigenvalue weighted by Gasteiger charge is 2.58. The number of rotatable bonds is 3. The number of aliphatic hydroxyl groups is 1. The number of hydrogen-bond donors (Lipinski definition) is 2. The fraction of sp³-hybridized carbons (Fsp3) is 0.833. The maximum atomic E-state index is 13.2. The average Bonchev–Trinajstić information content (AvgIpc) is 3.27. The molecule has 0 unspecified atom stereocenters. The summed E-state index contributed by atoms with van der Waals surface area (Å²) in [7, 11) is 0. The first-order valence-corrected chi connectivity index (χ1v) is 11.6. The quantitative estimate of drug-likeness (QED) is 0.804. The molecule has 28 heavy (non-hydrogen) atoms. The Morgan fingerprint density at radius 1 is 1.11 bits per heavy atom. The highest BCUT2D eigenvalue weighted by atomic mass is 16.3. The molecule has 0 aromatic carbocycles. The lowest BCUT2D eigenvalue weighted by Gasteiger charge is -2.56. The minimum Gasteiger partial charge on any atom is -0.390 e. The van der Waals surface area contributed by atoms with Gasteiger partial charge in [-0.3, -0.25) is 4.79 Å². The molecular formula is C24H36N2O2. The minimum absolute atomic E-state index is 0.200. The van der Waals surface area contributed by atoms with Gasteiger partial charge in [0.1, 0.15) is 5.78 Å². The van der Waals surface area contributed by atoms with Gasteiger partial charge in [0, 0.05) is 24.2 Å². The maximum absolute atomic E-state index is 13.2. The normalized spacial score (nSPS) is 47.8. The number of ketones is 1. The summed E-state index contributed by atoms with van der Waals surface area (Å²) in [6.45, 7) is 4.48. The molecule has 4 fully saturated rings. The molecule has 4 nitrogen and oxygen atoms in total. The fourth-order valence-electron chi connectivity index (χ4n) is 8.30. The first-order valence-electron chi connectivity index (χ1n) is 11.6. The zero-order valence-corrected chi connectivity index (χ0v) is 17.5. The van der Waals surface area contributed by atoms with E-state index in [1.165, 1.54) is 38.5 Å². The Bertz CT molecular complexity index is 727. The van der Waals surface area contributed by atoms with Crippen molar-refractivity contribution in [3.8, 4) is 0 Å². The molecule has 1 aromatic rings. The van der Waals surface area contributed by atoms with Crippen LogP contribution in [0.2, 0.25) is 0 Å². The van der Waals surface area contributed by atoms with Crippen LogP contribution in [0.4, 0.5) is 0 Å². The first-order chi connectivity index (χ1) is 13.4. The molecule has 0 amide bonds. The summed E-state index contributed by atoms with van der Waals surface area (Å²) < 4.78 is 0. The molecule has 4 heteroatoms. The highest BCUT2D eigenvalue weighted by molar-refractivity contribution is 5.84. The molecule has 1 aromatic heterocycles. The molecule has 0 aliphatic heterocycles. The van der Waals surface area contributed by atoms with Crippen LogP contribution in [0.5, 0.6) is 0 Å². The number of fused-ring (bicyclic) bond motifs is 5. The van der Waals surface area contributed by atoms with E-state index in [1.54, 1.807) is 12.5 Å². The number of aromatic amines is 1. The van der Waals surface area contributed by atoms with Crippen molar-refractivity contribution in [2.24, 2.45) is 40.9 Å². The van der Waals surface area contributed by atoms with E-state index < -0.39 is 5.60 Å². The number of imidazole rings is 1. The van der Waals surface area contributed by atoms with Crippen LogP contribution in [0.3, 0.4) is 0 Å². The first kappa shape index (κ1) is 18.8. The second kappa shape index (κ2) is 6.68. The Morgan fingerprint density at radius 3 is 2.71 bits per heavy atom. The summed E-state index contributed by atoms with van der Waals surface area (Å²) in [5.74, 6) is 4.59. The van der Waals surface area contributed by atoms with Crippen molar-refractivity contribution in [3.63, 3.8) is 0 Å². The van der Waals surface area contributed by atoms with Crippen LogP contribution < -0.4 is 0 Å². The number of carbonyl (C=O) groups is 1. The van der Waals surface area contributed by atoms with Gasteiger partial charge in [0.2, 0.25) is 0 Å². The Balaban J connectivity index is 1.32. The fourth-order valence-corrected chi connectivity index (χ4v) is 8.30. The van der Waals surface area contributed by atoms with Gasteiger partial charge in [-0.15, -0.1) is 0 Å². The minimum atomic E-state index is -0.436. The van der Waals surface area contributed by atoms with Gasteiger partial charge in [0.25, 0.3) is 0 Å². The Labute approximate surface area is 168 Å². The Morgan fingerprint density at radius 2 is 1.93 bits per heavy atom. The topological polar surface area (TPSA) is 66.0 Å². The van der Waals surface area contributed by atoms with Crippen molar-refractivity contribution < 1.29 is 9.90 Å². The molecule has 5 rings (SSSR count). The lowest BCUT2D eigenvalue weighted by Crippen LogP contribution is -2.51. The number of aromatic nitrogens is 2. The number of hydrogen-bond acceptors (Lipinski definition) is 3. The average molecular weight is 385 g/mol. The summed E-state index contributed by atoms with van der Waals surface area (Å²) in [5.41, 5.74) is 0.723. The Hall–Kier alpha value is -1.16. The predicted octanol–water partition coefficient (Wildman–Crippen LogP) is 4.54. The van der Waals surface area contributed by atoms with Crippen LogP contribution in [-0.2, 0) is 11.2 Å². The van der Waals surface area contributed by atoms with E-state index in [1.807, 2.05) is 6.92 Å². The third kappa shape index (κ3) is 2.98. The monoisotopic (exact) mass is 384 g/mol. The molecule has 2 N–H and O–H groups in total. The molecule has 8 atom stereocenters. The van der Waals surface area contributed by atoms with Crippen molar-refractivity contribution >= 4 is 5.78 Å². The summed E-state index contributed by atoms with van der Waals surface area (Å²) in [4.78, 5) is 20.3. The van der Waals surface area contributed by atoms with Crippen LogP contribution in [0, 0.1) is 40.9 Å². The van der Waals surface area contributed by atoms with E-state index >= 15 is 0 Å². The molecule has 0 saturated heterocycles. The smallest absolute Gasteiger partial charge is 0.142 e. The van der Waals surface area contributed by atoms with Gasteiger partial charge in [-0.1, -0.05) is 6.92 Å². The summed E-state index contributed by atoms with van der Waals surface area (Å²) in [6.07, 6.45) is 14.6. The third-order valence-electron chi connectivity index (χ3n) is 9.55. The van der Waals surface area contributed by atoms with Gasteiger partial charge < -0.3 is 10.1 Å². The molecule has 4 aliphatic carbocycles. The predicted molar refractivity (Wildman–Crippen MR) is 109 cm³/mol. The molecule has 4 aliphatic rings. The SMILES string of the molecule is C[C@@]1(O)CC[C@H]2[C@H](CC[C@@H]3[C@@H]2CC[C@]2(C)[C@@H](C(=O)Cc4cnc[nH]4)CC[C@@H]32)C1. The molecular weight excluding hydrogens is 348 g/mol. The summed E-state index contributed by atoms with van der Waals surface area (Å²) in [5, 5.41) is 10.6. The number of nitrogens with one attached hydrogen (secondary N) is 1. The number of nitrogens with zero attached hydrogens (tertiary/aromatic N) is 1. The van der Waals surface area contributed by atoms with Crippen molar-refractivity contribution in [1.29, 1.82) is 0 Å². The van der Waals surface area contributed by atoms with Crippen LogP contribution in [0.25, 0.3) is 0 Å². The summed E-state index contributed by atoms with van der Waals surface area (Å²) in [6, 6.07) is 0. The van der Waals surface area contributed by atoms with E-state index in [-0.39, 0.29) is 11.3 Å². The zero-order valence-electron chi connectivity index (χ0n) is 17.5. The third-order valence-corrected chi connectivity index (χ3v) is 9.55.